The zero-order valence-electron chi connectivity index (χ0n) is 24.3. The number of primary amides is 1. The van der Waals surface area contributed by atoms with E-state index in [0.717, 1.165) is 22.3 Å². The highest BCUT2D eigenvalue weighted by atomic mass is 16.6. The number of alkyl carbamates (subject to hydrolysis) is 1. The van der Waals surface area contributed by atoms with Crippen LogP contribution in [0.2, 0.25) is 0 Å². The first-order valence-corrected chi connectivity index (χ1v) is 13.2. The van der Waals surface area contributed by atoms with Gasteiger partial charge in [0.25, 0.3) is 5.91 Å². The number of rotatable bonds is 10. The molecule has 39 heavy (non-hydrogen) atoms. The molecule has 0 aliphatic heterocycles. The van der Waals surface area contributed by atoms with Crippen LogP contribution >= 0.6 is 0 Å². The van der Waals surface area contributed by atoms with E-state index >= 15 is 0 Å². The maximum absolute atomic E-state index is 14.0. The van der Waals surface area contributed by atoms with Crippen LogP contribution in [-0.4, -0.2) is 46.9 Å². The van der Waals surface area contributed by atoms with Gasteiger partial charge < -0.3 is 26.0 Å². The van der Waals surface area contributed by atoms with Crippen molar-refractivity contribution in [3.8, 4) is 0 Å². The fraction of sp³-hybridized carbons (Fsp3) is 0.467. The molecule has 0 aromatic heterocycles. The number of ether oxygens (including phenoxy) is 1. The van der Waals surface area contributed by atoms with Gasteiger partial charge in [-0.1, -0.05) is 36.4 Å². The molecule has 9 heteroatoms. The normalized spacial score (nSPS) is 12.7. The largest absolute Gasteiger partial charge is 0.444 e. The Hall–Kier alpha value is -3.88. The van der Waals surface area contributed by atoms with Gasteiger partial charge in [0.15, 0.2) is 0 Å². The van der Waals surface area contributed by atoms with Crippen molar-refractivity contribution >= 4 is 29.5 Å². The number of likely N-dealkylation sites (N-methyl/N-ethyl adjacent to an activating group) is 1. The molecule has 0 saturated carbocycles. The Morgan fingerprint density at radius 1 is 0.923 bits per heavy atom. The molecule has 0 saturated heterocycles. The van der Waals surface area contributed by atoms with E-state index in [9.17, 15) is 19.2 Å². The van der Waals surface area contributed by atoms with Crippen LogP contribution in [0.5, 0.6) is 0 Å². The maximum atomic E-state index is 14.0. The number of amides is 4. The number of nitrogens with two attached hydrogens (primary N) is 1. The Kier molecular flexibility index (Phi) is 10.7. The topological polar surface area (TPSA) is 131 Å². The Balaban J connectivity index is 2.57. The lowest BCUT2D eigenvalue weighted by Gasteiger charge is -2.35. The molecule has 2 aromatic carbocycles. The van der Waals surface area contributed by atoms with Crippen molar-refractivity contribution in [1.82, 2.24) is 10.2 Å². The number of carbonyl (C=O) groups is 4. The van der Waals surface area contributed by atoms with E-state index in [0.29, 0.717) is 11.3 Å². The number of nitrogens with zero attached hydrogens (tertiary/aromatic N) is 1. The van der Waals surface area contributed by atoms with Crippen molar-refractivity contribution < 1.29 is 23.9 Å². The minimum atomic E-state index is -1.13. The molecule has 2 atom stereocenters. The van der Waals surface area contributed by atoms with E-state index in [1.165, 1.54) is 4.90 Å². The minimum absolute atomic E-state index is 0.0398. The van der Waals surface area contributed by atoms with Gasteiger partial charge in [0.05, 0.1) is 0 Å². The van der Waals surface area contributed by atoms with E-state index in [-0.39, 0.29) is 25.3 Å². The van der Waals surface area contributed by atoms with E-state index in [1.807, 2.05) is 64.1 Å². The summed E-state index contributed by atoms with van der Waals surface area (Å²) in [5, 5.41) is 5.64. The van der Waals surface area contributed by atoms with Crippen LogP contribution in [0.3, 0.4) is 0 Å². The second-order valence-corrected chi connectivity index (χ2v) is 10.8. The first-order valence-electron chi connectivity index (χ1n) is 13.2. The summed E-state index contributed by atoms with van der Waals surface area (Å²) in [6.45, 7) is 14.7. The minimum Gasteiger partial charge on any atom is -0.444 e. The Labute approximate surface area is 231 Å². The Morgan fingerprint density at radius 3 is 1.90 bits per heavy atom. The third-order valence-electron chi connectivity index (χ3n) is 6.40. The molecule has 2 aromatic rings. The van der Waals surface area contributed by atoms with Crippen molar-refractivity contribution in [2.45, 2.75) is 85.9 Å². The van der Waals surface area contributed by atoms with Crippen molar-refractivity contribution in [2.75, 3.05) is 11.9 Å². The van der Waals surface area contributed by atoms with Crippen molar-refractivity contribution in [2.24, 2.45) is 5.73 Å². The summed E-state index contributed by atoms with van der Waals surface area (Å²) >= 11 is 0. The molecule has 4 amide bonds. The number of para-hydroxylation sites is 1. The van der Waals surface area contributed by atoms with Crippen LogP contribution in [0.25, 0.3) is 0 Å². The molecule has 0 aliphatic carbocycles. The van der Waals surface area contributed by atoms with Gasteiger partial charge in [-0.2, -0.15) is 0 Å². The number of benzene rings is 2. The standard InChI is InChI=1S/C30H42N4O5/c1-9-34(28(37)22(16-17-23(31)35)32-29(38)39-30(6,7)8)26(24-18(2)12-10-13-19(24)3)27(36)33-25-20(4)14-11-15-21(25)5/h10-15,22,26H,9,16-17H2,1-8H3,(H2,31,35)(H,32,38)(H,33,36). The predicted molar refractivity (Wildman–Crippen MR) is 152 cm³/mol. The fourth-order valence-corrected chi connectivity index (χ4v) is 4.55. The average molecular weight is 539 g/mol. The van der Waals surface area contributed by atoms with E-state index < -0.39 is 35.6 Å². The molecular weight excluding hydrogens is 496 g/mol. The van der Waals surface area contributed by atoms with Crippen LogP contribution in [-0.2, 0) is 19.1 Å². The molecule has 212 valence electrons. The van der Waals surface area contributed by atoms with Gasteiger partial charge >= 0.3 is 6.09 Å². The van der Waals surface area contributed by atoms with Crippen LogP contribution in [0.4, 0.5) is 10.5 Å². The highest BCUT2D eigenvalue weighted by Crippen LogP contribution is 2.31. The lowest BCUT2D eigenvalue weighted by Crippen LogP contribution is -2.52. The van der Waals surface area contributed by atoms with Gasteiger partial charge in [0.2, 0.25) is 11.8 Å². The molecule has 0 aliphatic rings. The van der Waals surface area contributed by atoms with Crippen molar-refractivity contribution in [3.63, 3.8) is 0 Å². The molecule has 0 spiro atoms. The highest BCUT2D eigenvalue weighted by molar-refractivity contribution is 6.00. The molecule has 0 fully saturated rings. The maximum Gasteiger partial charge on any atom is 0.408 e. The number of aryl methyl sites for hydroxylation is 4. The summed E-state index contributed by atoms with van der Waals surface area (Å²) in [4.78, 5) is 53.7. The second-order valence-electron chi connectivity index (χ2n) is 10.8. The first kappa shape index (κ1) is 31.3. The molecule has 2 rings (SSSR count). The molecule has 0 radical (unpaired) electrons. The number of hydrogen-bond acceptors (Lipinski definition) is 5. The van der Waals surface area contributed by atoms with Crippen LogP contribution < -0.4 is 16.4 Å². The van der Waals surface area contributed by atoms with Gasteiger partial charge in [0, 0.05) is 18.7 Å². The second kappa shape index (κ2) is 13.3. The van der Waals surface area contributed by atoms with Gasteiger partial charge in [-0.3, -0.25) is 14.4 Å². The highest BCUT2D eigenvalue weighted by Gasteiger charge is 2.37. The summed E-state index contributed by atoms with van der Waals surface area (Å²) < 4.78 is 5.36. The molecule has 9 nitrogen and oxygen atoms in total. The summed E-state index contributed by atoms with van der Waals surface area (Å²) in [5.41, 5.74) is 9.42. The zero-order valence-corrected chi connectivity index (χ0v) is 24.3. The van der Waals surface area contributed by atoms with E-state index in [4.69, 9.17) is 10.5 Å². The molecule has 0 heterocycles. The lowest BCUT2D eigenvalue weighted by molar-refractivity contribution is -0.140. The lowest BCUT2D eigenvalue weighted by atomic mass is 9.93. The Bertz CT molecular complexity index is 1180. The van der Waals surface area contributed by atoms with Crippen LogP contribution in [0.15, 0.2) is 36.4 Å². The molecule has 0 bridgehead atoms. The third-order valence-corrected chi connectivity index (χ3v) is 6.40. The van der Waals surface area contributed by atoms with Crippen molar-refractivity contribution in [3.05, 3.63) is 64.2 Å². The fourth-order valence-electron chi connectivity index (χ4n) is 4.55. The molecular formula is C30H42N4O5. The van der Waals surface area contributed by atoms with Crippen LogP contribution in [0, 0.1) is 27.7 Å². The summed E-state index contributed by atoms with van der Waals surface area (Å²) in [6, 6.07) is 9.27. The summed E-state index contributed by atoms with van der Waals surface area (Å²) in [7, 11) is 0. The number of carbonyl (C=O) groups excluding carboxylic acids is 4. The number of hydrogen-bond donors (Lipinski definition) is 3. The Morgan fingerprint density at radius 2 is 1.44 bits per heavy atom. The first-order chi connectivity index (χ1) is 18.2. The monoisotopic (exact) mass is 538 g/mol. The van der Waals surface area contributed by atoms with Crippen molar-refractivity contribution in [1.29, 1.82) is 0 Å². The molecule has 2 unspecified atom stereocenters. The van der Waals surface area contributed by atoms with Crippen LogP contribution in [0.1, 0.15) is 74.4 Å². The SMILES string of the molecule is CCN(C(=O)C(CCC(N)=O)NC(=O)OC(C)(C)C)C(C(=O)Nc1c(C)cccc1C)c1c(C)cccc1C. The number of anilines is 1. The summed E-state index contributed by atoms with van der Waals surface area (Å²) in [6.07, 6.45) is -0.973. The van der Waals surface area contributed by atoms with Gasteiger partial charge in [-0.15, -0.1) is 0 Å². The average Bonchev–Trinajstić information content (AvgIpc) is 2.81. The number of nitrogens with one attached hydrogen (secondary N) is 2. The summed E-state index contributed by atoms with van der Waals surface area (Å²) in [5.74, 6) is -1.51. The third kappa shape index (κ3) is 8.56. The van der Waals surface area contributed by atoms with Gasteiger partial charge in [-0.05, 0) is 89.6 Å². The zero-order chi connectivity index (χ0) is 29.5. The molecule has 4 N–H and O–H groups in total. The van der Waals surface area contributed by atoms with E-state index in [1.54, 1.807) is 27.7 Å². The van der Waals surface area contributed by atoms with E-state index in [2.05, 4.69) is 10.6 Å². The quantitative estimate of drug-likeness (QED) is 0.407. The van der Waals surface area contributed by atoms with Gasteiger partial charge in [-0.25, -0.2) is 4.79 Å². The predicted octanol–water partition coefficient (Wildman–Crippen LogP) is 4.61. The van der Waals surface area contributed by atoms with Gasteiger partial charge in [0.1, 0.15) is 17.7 Å². The smallest absolute Gasteiger partial charge is 0.408 e.